The quantitative estimate of drug-likeness (QED) is 0.308. The van der Waals surface area contributed by atoms with E-state index in [0.29, 0.717) is 17.9 Å². The third-order valence-electron chi connectivity index (χ3n) is 4.33. The summed E-state index contributed by atoms with van der Waals surface area (Å²) in [7, 11) is -1.36. The zero-order chi connectivity index (χ0) is 23.0. The van der Waals surface area contributed by atoms with Crippen molar-refractivity contribution < 1.29 is 32.0 Å². The van der Waals surface area contributed by atoms with E-state index in [9.17, 15) is 22.6 Å². The molecule has 2 aromatic rings. The molecule has 10 nitrogen and oxygen atoms in total. The van der Waals surface area contributed by atoms with Crippen molar-refractivity contribution in [3.05, 3.63) is 53.6 Å². The van der Waals surface area contributed by atoms with Gasteiger partial charge in [-0.05, 0) is 42.3 Å². The van der Waals surface area contributed by atoms with Crippen LogP contribution in [0.4, 0.5) is 5.69 Å². The molecule has 0 aliphatic heterocycles. The van der Waals surface area contributed by atoms with E-state index in [4.69, 9.17) is 15.2 Å². The second-order valence-electron chi connectivity index (χ2n) is 6.61. The average Bonchev–Trinajstić information content (AvgIpc) is 2.72. The molecule has 12 heteroatoms. The summed E-state index contributed by atoms with van der Waals surface area (Å²) >= 11 is 0. The molecule has 0 saturated heterocycles. The third-order valence-corrected chi connectivity index (χ3v) is 4.97. The van der Waals surface area contributed by atoms with Gasteiger partial charge in [-0.2, -0.15) is 8.42 Å². The van der Waals surface area contributed by atoms with E-state index in [1.54, 1.807) is 12.1 Å². The first-order valence-electron chi connectivity index (χ1n) is 9.20. The average molecular weight is 475 g/mol. The number of nitrogens with zero attached hydrogens (tertiary/aromatic N) is 1. The number of nitrogens with one attached hydrogen (secondary N) is 1. The van der Waals surface area contributed by atoms with Crippen LogP contribution in [0.25, 0.3) is 0 Å². The molecule has 0 unspecified atom stereocenters. The van der Waals surface area contributed by atoms with Gasteiger partial charge < -0.3 is 25.4 Å². The van der Waals surface area contributed by atoms with Crippen LogP contribution in [0.15, 0.2) is 42.5 Å². The maximum absolute atomic E-state index is 12.4. The second kappa shape index (κ2) is 12.7. The van der Waals surface area contributed by atoms with Gasteiger partial charge in [0.1, 0.15) is 5.88 Å². The molecule has 4 N–H and O–H groups in total. The number of anilines is 1. The summed E-state index contributed by atoms with van der Waals surface area (Å²) in [4.78, 5) is 24.9. The van der Waals surface area contributed by atoms with Gasteiger partial charge in [0.25, 0.3) is 10.1 Å². The number of carbonyl (C=O) groups is 2. The summed E-state index contributed by atoms with van der Waals surface area (Å²) in [5.41, 5.74) is 6.55. The van der Waals surface area contributed by atoms with Crippen LogP contribution in [-0.2, 0) is 21.3 Å². The Hall–Kier alpha value is -2.31. The normalized spacial score (nSPS) is 10.6. The van der Waals surface area contributed by atoms with Gasteiger partial charge in [-0.3, -0.25) is 14.1 Å². The van der Waals surface area contributed by atoms with Crippen molar-refractivity contribution >= 4 is 57.2 Å². The Labute approximate surface area is 209 Å². The Kier molecular flexibility index (Phi) is 11.0. The van der Waals surface area contributed by atoms with Gasteiger partial charge in [-0.25, -0.2) is 0 Å². The van der Waals surface area contributed by atoms with Crippen molar-refractivity contribution in [3.8, 4) is 11.5 Å². The monoisotopic (exact) mass is 475 g/mol. The van der Waals surface area contributed by atoms with E-state index in [1.807, 2.05) is 6.07 Å². The van der Waals surface area contributed by atoms with Gasteiger partial charge in [0, 0.05) is 17.8 Å². The molecule has 32 heavy (non-hydrogen) atoms. The molecule has 0 radical (unpaired) electrons. The predicted molar refractivity (Wildman–Crippen MR) is 122 cm³/mol. The van der Waals surface area contributed by atoms with E-state index in [2.05, 4.69) is 5.32 Å². The summed E-state index contributed by atoms with van der Waals surface area (Å²) in [6.45, 7) is -0.0662. The van der Waals surface area contributed by atoms with Crippen LogP contribution in [0.5, 0.6) is 11.5 Å². The van der Waals surface area contributed by atoms with Crippen LogP contribution in [-0.4, -0.2) is 87.5 Å². The molecule has 0 aliphatic carbocycles. The Morgan fingerprint density at radius 1 is 1.09 bits per heavy atom. The minimum atomic E-state index is -4.42. The maximum atomic E-state index is 12.4. The van der Waals surface area contributed by atoms with Gasteiger partial charge >= 0.3 is 29.6 Å². The molecule has 2 amide bonds. The molecule has 0 aliphatic rings. The second-order valence-corrected chi connectivity index (χ2v) is 8.03. The number of carbonyl (C=O) groups excluding carboxylic acids is 2. The fourth-order valence-corrected chi connectivity index (χ4v) is 3.51. The summed E-state index contributed by atoms with van der Waals surface area (Å²) in [5.74, 6) is -0.825. The molecule has 0 atom stereocenters. The number of primary amides is 1. The van der Waals surface area contributed by atoms with Crippen molar-refractivity contribution in [2.24, 2.45) is 5.73 Å². The van der Waals surface area contributed by atoms with Crippen LogP contribution in [0, 0.1) is 0 Å². The molecule has 2 rings (SSSR count). The fraction of sp³-hybridized carbons (Fsp3) is 0.300. The van der Waals surface area contributed by atoms with Gasteiger partial charge in [0.15, 0.2) is 11.5 Å². The van der Waals surface area contributed by atoms with Crippen LogP contribution >= 0.6 is 0 Å². The summed E-state index contributed by atoms with van der Waals surface area (Å²) < 4.78 is 42.5. The number of hydrogen-bond donors (Lipinski definition) is 3. The van der Waals surface area contributed by atoms with E-state index in [1.165, 1.54) is 38.5 Å². The molecule has 2 aromatic carbocycles. The van der Waals surface area contributed by atoms with Gasteiger partial charge in [-0.15, -0.1) is 0 Å². The number of rotatable bonds is 11. The third kappa shape index (κ3) is 8.67. The molecular formula is C20H26N3NaO7S. The summed E-state index contributed by atoms with van der Waals surface area (Å²) in [6, 6.07) is 11.2. The van der Waals surface area contributed by atoms with Crippen LogP contribution in [0.1, 0.15) is 15.9 Å². The molecule has 170 valence electrons. The number of ether oxygens (including phenoxy) is 2. The van der Waals surface area contributed by atoms with Crippen molar-refractivity contribution in [1.82, 2.24) is 5.32 Å². The minimum absolute atomic E-state index is 0. The Morgan fingerprint density at radius 3 is 2.38 bits per heavy atom. The van der Waals surface area contributed by atoms with Gasteiger partial charge in [-0.1, -0.05) is 12.1 Å². The Balaban J connectivity index is 0.00000512. The van der Waals surface area contributed by atoms with E-state index in [0.717, 1.165) is 10.5 Å². The summed E-state index contributed by atoms with van der Waals surface area (Å²) in [6.07, 6.45) is 0.502. The number of amides is 2. The van der Waals surface area contributed by atoms with Crippen molar-refractivity contribution in [3.63, 3.8) is 0 Å². The van der Waals surface area contributed by atoms with Gasteiger partial charge in [0.05, 0.1) is 20.8 Å². The molecule has 0 bridgehead atoms. The SMILES string of the molecule is COc1ccc(CCNC(=O)CN(CS(=O)(=O)O)c2cccc(C(N)=O)c2)cc1OC.[NaH]. The first-order chi connectivity index (χ1) is 14.6. The van der Waals surface area contributed by atoms with Crippen LogP contribution in [0.2, 0.25) is 0 Å². The molecule has 0 saturated carbocycles. The van der Waals surface area contributed by atoms with E-state index in [-0.39, 0.29) is 53.9 Å². The standard InChI is InChI=1S/C20H25N3O7S.Na.H/c1-29-17-7-6-14(10-18(17)30-2)8-9-22-19(24)12-23(13-31(26,27)28)16-5-3-4-15(11-16)20(21)25;;/h3-7,10-11H,8-9,12-13H2,1-2H3,(H2,21,25)(H,22,24)(H,26,27,28);;. The Morgan fingerprint density at radius 2 is 1.78 bits per heavy atom. The molecule has 0 heterocycles. The van der Waals surface area contributed by atoms with E-state index >= 15 is 0 Å². The van der Waals surface area contributed by atoms with E-state index < -0.39 is 27.8 Å². The number of methoxy groups -OCH3 is 2. The van der Waals surface area contributed by atoms with Crippen molar-refractivity contribution in [1.29, 1.82) is 0 Å². The number of nitrogens with two attached hydrogens (primary N) is 1. The molecule has 0 aromatic heterocycles. The van der Waals surface area contributed by atoms with Crippen LogP contribution in [0.3, 0.4) is 0 Å². The van der Waals surface area contributed by atoms with Crippen molar-refractivity contribution in [2.75, 3.05) is 38.1 Å². The van der Waals surface area contributed by atoms with Crippen LogP contribution < -0.4 is 25.4 Å². The Bertz CT molecular complexity index is 1050. The number of benzene rings is 2. The first-order valence-corrected chi connectivity index (χ1v) is 10.8. The number of hydrogen-bond acceptors (Lipinski definition) is 7. The summed E-state index contributed by atoms with van der Waals surface area (Å²) in [5, 5.41) is 2.70. The van der Waals surface area contributed by atoms with Gasteiger partial charge in [0.2, 0.25) is 11.8 Å². The molecule has 0 fully saturated rings. The first kappa shape index (κ1) is 27.7. The topological polar surface area (TPSA) is 148 Å². The zero-order valence-electron chi connectivity index (χ0n) is 17.2. The fourth-order valence-electron chi connectivity index (χ4n) is 2.88. The molecular weight excluding hydrogens is 449 g/mol. The predicted octanol–water partition coefficient (Wildman–Crippen LogP) is 0.165. The zero-order valence-corrected chi connectivity index (χ0v) is 18.0. The van der Waals surface area contributed by atoms with Crippen molar-refractivity contribution in [2.45, 2.75) is 6.42 Å². The molecule has 0 spiro atoms.